The molecule has 0 fully saturated rings. The molecule has 5 heteroatoms. The first-order valence-electron chi connectivity index (χ1n) is 6.43. The zero-order valence-corrected chi connectivity index (χ0v) is 12.1. The summed E-state index contributed by atoms with van der Waals surface area (Å²) in [5.41, 5.74) is 3.97. The predicted octanol–water partition coefficient (Wildman–Crippen LogP) is 4.00. The number of aromatic nitrogens is 2. The molecular weight excluding hydrogens is 291 g/mol. The Bertz CT molecular complexity index is 842. The molecule has 21 heavy (non-hydrogen) atoms. The summed E-state index contributed by atoms with van der Waals surface area (Å²) in [6.07, 6.45) is 2.48. The first-order chi connectivity index (χ1) is 10.1. The Kier molecular flexibility index (Phi) is 3.47. The number of aryl methyl sites for hydroxylation is 1. The Hall–Kier alpha value is -2.20. The quantitative estimate of drug-likeness (QED) is 0.685. The third kappa shape index (κ3) is 2.54. The molecule has 0 bridgehead atoms. The highest BCUT2D eigenvalue weighted by molar-refractivity contribution is 6.30. The molecule has 0 spiro atoms. The average molecular weight is 303 g/mol. The molecule has 0 radical (unpaired) electrons. The summed E-state index contributed by atoms with van der Waals surface area (Å²) in [5.74, 6) is -0.435. The second kappa shape index (κ2) is 5.30. The first-order valence-corrected chi connectivity index (χ1v) is 6.81. The number of imidazole rings is 1. The third-order valence-electron chi connectivity index (χ3n) is 3.36. The lowest BCUT2D eigenvalue weighted by Crippen LogP contribution is -1.99. The van der Waals surface area contributed by atoms with Gasteiger partial charge >= 0.3 is 0 Å². The fourth-order valence-corrected chi connectivity index (χ4v) is 2.59. The van der Waals surface area contributed by atoms with E-state index in [1.165, 1.54) is 6.07 Å². The van der Waals surface area contributed by atoms with Crippen LogP contribution in [-0.2, 0) is 6.54 Å². The number of nitrogens with zero attached hydrogens (tertiary/aromatic N) is 2. The number of aldehydes is 1. The fraction of sp³-hybridized carbons (Fsp3) is 0.125. The molecule has 0 aliphatic heterocycles. The number of halogens is 2. The minimum Gasteiger partial charge on any atom is -0.326 e. The second-order valence-corrected chi connectivity index (χ2v) is 5.37. The standard InChI is InChI=1S/C16H12ClFN2O/c1-10-4-12(8-21)16-15(5-10)20(9-19-16)7-11-2-3-14(18)13(17)6-11/h2-6,8-9H,7H2,1H3. The maximum absolute atomic E-state index is 13.2. The van der Waals surface area contributed by atoms with Gasteiger partial charge in [0.1, 0.15) is 5.82 Å². The van der Waals surface area contributed by atoms with E-state index in [0.29, 0.717) is 17.6 Å². The van der Waals surface area contributed by atoms with Crippen LogP contribution in [0.4, 0.5) is 4.39 Å². The van der Waals surface area contributed by atoms with Crippen LogP contribution in [0.3, 0.4) is 0 Å². The molecule has 0 N–H and O–H groups in total. The molecular formula is C16H12ClFN2O. The van der Waals surface area contributed by atoms with Crippen molar-refractivity contribution in [3.63, 3.8) is 0 Å². The van der Waals surface area contributed by atoms with Gasteiger partial charge < -0.3 is 4.57 Å². The SMILES string of the molecule is Cc1cc(C=O)c2ncn(Cc3ccc(F)c(Cl)c3)c2c1. The molecule has 0 unspecified atom stereocenters. The van der Waals surface area contributed by atoms with Crippen molar-refractivity contribution in [1.29, 1.82) is 0 Å². The minimum absolute atomic E-state index is 0.0988. The van der Waals surface area contributed by atoms with E-state index in [1.807, 2.05) is 17.6 Å². The van der Waals surface area contributed by atoms with Crippen molar-refractivity contribution in [3.8, 4) is 0 Å². The lowest BCUT2D eigenvalue weighted by atomic mass is 10.1. The predicted molar refractivity (Wildman–Crippen MR) is 80.4 cm³/mol. The molecule has 0 saturated carbocycles. The van der Waals surface area contributed by atoms with Gasteiger partial charge in [-0.3, -0.25) is 4.79 Å². The smallest absolute Gasteiger partial charge is 0.152 e. The molecule has 2 aromatic carbocycles. The van der Waals surface area contributed by atoms with Gasteiger partial charge in [0.05, 0.1) is 22.4 Å². The van der Waals surface area contributed by atoms with Gasteiger partial charge in [0.2, 0.25) is 0 Å². The molecule has 3 nitrogen and oxygen atoms in total. The van der Waals surface area contributed by atoms with Crippen LogP contribution in [-0.4, -0.2) is 15.8 Å². The summed E-state index contributed by atoms with van der Waals surface area (Å²) in [6, 6.07) is 8.41. The van der Waals surface area contributed by atoms with Gasteiger partial charge in [0.25, 0.3) is 0 Å². The molecule has 1 heterocycles. The molecule has 0 aliphatic carbocycles. The van der Waals surface area contributed by atoms with Crippen molar-refractivity contribution < 1.29 is 9.18 Å². The molecule has 3 aromatic rings. The van der Waals surface area contributed by atoms with E-state index in [9.17, 15) is 9.18 Å². The molecule has 3 rings (SSSR count). The van der Waals surface area contributed by atoms with Gasteiger partial charge in [-0.05, 0) is 42.3 Å². The van der Waals surface area contributed by atoms with E-state index in [-0.39, 0.29) is 5.02 Å². The van der Waals surface area contributed by atoms with Crippen LogP contribution in [0.25, 0.3) is 11.0 Å². The summed E-state index contributed by atoms with van der Waals surface area (Å²) < 4.78 is 15.1. The highest BCUT2D eigenvalue weighted by Crippen LogP contribution is 2.21. The van der Waals surface area contributed by atoms with Crippen molar-refractivity contribution in [1.82, 2.24) is 9.55 Å². The van der Waals surface area contributed by atoms with E-state index in [1.54, 1.807) is 24.5 Å². The first kappa shape index (κ1) is 13.8. The summed E-state index contributed by atoms with van der Waals surface area (Å²) in [5, 5.41) is 0.0988. The van der Waals surface area contributed by atoms with Gasteiger partial charge in [-0.15, -0.1) is 0 Å². The third-order valence-corrected chi connectivity index (χ3v) is 3.65. The zero-order valence-electron chi connectivity index (χ0n) is 11.3. The molecule has 106 valence electrons. The maximum Gasteiger partial charge on any atom is 0.152 e. The van der Waals surface area contributed by atoms with E-state index < -0.39 is 5.82 Å². The van der Waals surface area contributed by atoms with Crippen molar-refractivity contribution >= 4 is 28.9 Å². The van der Waals surface area contributed by atoms with Gasteiger partial charge in [-0.1, -0.05) is 17.7 Å². The molecule has 1 aromatic heterocycles. The topological polar surface area (TPSA) is 34.9 Å². The summed E-state index contributed by atoms with van der Waals surface area (Å²) in [4.78, 5) is 15.4. The van der Waals surface area contributed by atoms with Gasteiger partial charge in [0, 0.05) is 12.1 Å². The lowest BCUT2D eigenvalue weighted by molar-refractivity contribution is 0.112. The Labute approximate surface area is 126 Å². The van der Waals surface area contributed by atoms with Crippen molar-refractivity contribution in [2.75, 3.05) is 0 Å². The lowest BCUT2D eigenvalue weighted by Gasteiger charge is -2.06. The highest BCUT2D eigenvalue weighted by Gasteiger charge is 2.09. The number of hydrogen-bond donors (Lipinski definition) is 0. The number of rotatable bonds is 3. The number of hydrogen-bond acceptors (Lipinski definition) is 2. The highest BCUT2D eigenvalue weighted by atomic mass is 35.5. The van der Waals surface area contributed by atoms with E-state index >= 15 is 0 Å². The summed E-state index contributed by atoms with van der Waals surface area (Å²) >= 11 is 5.80. The second-order valence-electron chi connectivity index (χ2n) is 4.96. The normalized spacial score (nSPS) is 11.0. The fourth-order valence-electron chi connectivity index (χ4n) is 2.39. The Morgan fingerprint density at radius 3 is 2.86 bits per heavy atom. The van der Waals surface area contributed by atoms with Crippen LogP contribution >= 0.6 is 11.6 Å². The molecule has 0 aliphatic rings. The number of benzene rings is 2. The van der Waals surface area contributed by atoms with Gasteiger partial charge in [-0.2, -0.15) is 0 Å². The van der Waals surface area contributed by atoms with Crippen LogP contribution < -0.4 is 0 Å². The van der Waals surface area contributed by atoms with E-state index in [4.69, 9.17) is 11.6 Å². The average Bonchev–Trinajstić information content (AvgIpc) is 2.85. The minimum atomic E-state index is -0.435. The largest absolute Gasteiger partial charge is 0.326 e. The van der Waals surface area contributed by atoms with E-state index in [2.05, 4.69) is 4.98 Å². The number of fused-ring (bicyclic) bond motifs is 1. The Morgan fingerprint density at radius 2 is 2.14 bits per heavy atom. The van der Waals surface area contributed by atoms with Crippen LogP contribution in [0.15, 0.2) is 36.7 Å². The maximum atomic E-state index is 13.2. The van der Waals surface area contributed by atoms with Gasteiger partial charge in [0.15, 0.2) is 6.29 Å². The van der Waals surface area contributed by atoms with Crippen LogP contribution in [0.2, 0.25) is 5.02 Å². The van der Waals surface area contributed by atoms with E-state index in [0.717, 1.165) is 22.9 Å². The van der Waals surface area contributed by atoms with Gasteiger partial charge in [-0.25, -0.2) is 9.37 Å². The zero-order chi connectivity index (χ0) is 15.0. The van der Waals surface area contributed by atoms with Crippen LogP contribution in [0, 0.1) is 12.7 Å². The molecule has 0 amide bonds. The van der Waals surface area contributed by atoms with Crippen molar-refractivity contribution in [3.05, 3.63) is 64.2 Å². The Morgan fingerprint density at radius 1 is 1.33 bits per heavy atom. The van der Waals surface area contributed by atoms with Crippen molar-refractivity contribution in [2.24, 2.45) is 0 Å². The Balaban J connectivity index is 2.06. The summed E-state index contributed by atoms with van der Waals surface area (Å²) in [7, 11) is 0. The van der Waals surface area contributed by atoms with Crippen LogP contribution in [0.5, 0.6) is 0 Å². The molecule has 0 atom stereocenters. The molecule has 0 saturated heterocycles. The number of carbonyl (C=O) groups excluding carboxylic acids is 1. The summed E-state index contributed by atoms with van der Waals surface area (Å²) in [6.45, 7) is 2.44. The van der Waals surface area contributed by atoms with Crippen LogP contribution in [0.1, 0.15) is 21.5 Å². The van der Waals surface area contributed by atoms with Crippen molar-refractivity contribution in [2.45, 2.75) is 13.5 Å². The number of carbonyl (C=O) groups is 1. The monoisotopic (exact) mass is 302 g/mol.